The van der Waals surface area contributed by atoms with Gasteiger partial charge in [0.05, 0.1) is 19.6 Å². The Balaban J connectivity index is 5.64. The summed E-state index contributed by atoms with van der Waals surface area (Å²) in [5, 5.41) is 0. The molecule has 0 fully saturated rings. The van der Waals surface area contributed by atoms with Crippen LogP contribution in [0.2, 0.25) is 0 Å². The van der Waals surface area contributed by atoms with E-state index in [-0.39, 0.29) is 0 Å². The van der Waals surface area contributed by atoms with Gasteiger partial charge in [0.1, 0.15) is 0 Å². The average molecular weight is 307 g/mol. The maximum absolute atomic E-state index is 5.81. The molecule has 0 aromatic heterocycles. The van der Waals surface area contributed by atoms with Crippen LogP contribution in [0.5, 0.6) is 0 Å². The molecule has 0 rings (SSSR count). The molecule has 0 aromatic rings. The van der Waals surface area contributed by atoms with E-state index in [9.17, 15) is 0 Å². The van der Waals surface area contributed by atoms with Crippen molar-refractivity contribution in [1.82, 2.24) is 0 Å². The zero-order chi connectivity index (χ0) is 15.6. The fraction of sp³-hybridized carbons (Fsp3) is 1.00. The molecule has 0 amide bonds. The van der Waals surface area contributed by atoms with Crippen molar-refractivity contribution in [2.45, 2.75) is 59.0 Å². The quantitative estimate of drug-likeness (QED) is 0.409. The van der Waals surface area contributed by atoms with Crippen LogP contribution >= 0.6 is 0 Å². The van der Waals surface area contributed by atoms with Crippen LogP contribution in [0, 0.1) is 0 Å². The van der Waals surface area contributed by atoms with Gasteiger partial charge >= 0.3 is 8.80 Å². The number of hydrogen-bond acceptors (Lipinski definition) is 3. The molecule has 0 aliphatic rings. The monoisotopic (exact) mass is 306 g/mol. The van der Waals surface area contributed by atoms with Crippen LogP contribution in [0.15, 0.2) is 0 Å². The highest BCUT2D eigenvalue weighted by Gasteiger charge is 2.57. The summed E-state index contributed by atoms with van der Waals surface area (Å²) in [4.78, 5) is 0. The molecule has 122 valence electrons. The van der Waals surface area contributed by atoms with Crippen molar-refractivity contribution < 1.29 is 17.8 Å². The van der Waals surface area contributed by atoms with Gasteiger partial charge in [-0.1, -0.05) is 27.7 Å². The molecular weight excluding hydrogens is 270 g/mol. The highest BCUT2D eigenvalue weighted by atomic mass is 28.4. The summed E-state index contributed by atoms with van der Waals surface area (Å²) < 4.78 is 18.5. The van der Waals surface area contributed by atoms with Crippen molar-refractivity contribution in [3.63, 3.8) is 0 Å². The molecular formula is C15H36NO3Si+. The van der Waals surface area contributed by atoms with E-state index in [4.69, 9.17) is 13.3 Å². The molecule has 0 N–H and O–H groups in total. The predicted octanol–water partition coefficient (Wildman–Crippen LogP) is 3.23. The van der Waals surface area contributed by atoms with Crippen LogP contribution < -0.4 is 0 Å². The first-order chi connectivity index (χ1) is 9.56. The Hall–Kier alpha value is 0.0569. The number of nitrogens with zero attached hydrogens (tertiary/aromatic N) is 1. The smallest absolute Gasteiger partial charge is 0.373 e. The van der Waals surface area contributed by atoms with Gasteiger partial charge in [0.2, 0.25) is 0 Å². The Labute approximate surface area is 127 Å². The third-order valence-electron chi connectivity index (χ3n) is 4.32. The molecule has 0 saturated heterocycles. The van der Waals surface area contributed by atoms with Crippen LogP contribution in [0.1, 0.15) is 53.4 Å². The molecule has 1 atom stereocenters. The number of hydrogen-bond donors (Lipinski definition) is 0. The lowest BCUT2D eigenvalue weighted by molar-refractivity contribution is -0.943. The van der Waals surface area contributed by atoms with Crippen LogP contribution in [0.3, 0.4) is 0 Å². The summed E-state index contributed by atoms with van der Waals surface area (Å²) in [5.41, 5.74) is 0.322. The third-order valence-corrected chi connectivity index (χ3v) is 7.80. The Morgan fingerprint density at radius 3 is 1.30 bits per heavy atom. The summed E-state index contributed by atoms with van der Waals surface area (Å²) in [6, 6.07) is 0. The Morgan fingerprint density at radius 1 is 0.750 bits per heavy atom. The molecule has 0 aliphatic heterocycles. The highest BCUT2D eigenvalue weighted by Crippen LogP contribution is 2.29. The van der Waals surface area contributed by atoms with Crippen molar-refractivity contribution in [3.05, 3.63) is 0 Å². The van der Waals surface area contributed by atoms with Gasteiger partial charge in [-0.3, -0.25) is 0 Å². The summed E-state index contributed by atoms with van der Waals surface area (Å²) in [7, 11) is 2.59. The molecule has 0 radical (unpaired) electrons. The van der Waals surface area contributed by atoms with Gasteiger partial charge < -0.3 is 17.8 Å². The molecule has 4 nitrogen and oxygen atoms in total. The second-order valence-electron chi connectivity index (χ2n) is 5.53. The van der Waals surface area contributed by atoms with Gasteiger partial charge in [0.25, 0.3) is 0 Å². The molecule has 0 bridgehead atoms. The second-order valence-corrected chi connectivity index (χ2v) is 8.63. The molecule has 5 heteroatoms. The number of quaternary nitrogens is 1. The van der Waals surface area contributed by atoms with Crippen LogP contribution in [-0.2, 0) is 13.3 Å². The van der Waals surface area contributed by atoms with E-state index >= 15 is 0 Å². The molecule has 0 saturated carbocycles. The lowest BCUT2D eigenvalue weighted by Gasteiger charge is -2.48. The first-order valence-electron chi connectivity index (χ1n) is 8.07. The summed E-state index contributed by atoms with van der Waals surface area (Å²) in [6.45, 7) is 12.5. The standard InChI is InChI=1S/C15H36NO3Si/c1-8-12-16(13-9-2,14-10-3)15(11-4)20(17-5,18-6)19-7/h15H,8-14H2,1-7H3/q+1. The highest BCUT2D eigenvalue weighted by molar-refractivity contribution is 6.62. The first kappa shape index (κ1) is 20.1. The lowest BCUT2D eigenvalue weighted by atomic mass is 10.2. The van der Waals surface area contributed by atoms with Gasteiger partial charge in [0, 0.05) is 27.8 Å². The predicted molar refractivity (Wildman–Crippen MR) is 86.6 cm³/mol. The Bertz CT molecular complexity index is 222. The fourth-order valence-electron chi connectivity index (χ4n) is 3.77. The zero-order valence-electron chi connectivity index (χ0n) is 14.7. The largest absolute Gasteiger partial charge is 0.561 e. The van der Waals surface area contributed by atoms with Crippen molar-refractivity contribution in [3.8, 4) is 0 Å². The minimum absolute atomic E-state index is 0.322. The van der Waals surface area contributed by atoms with Gasteiger partial charge in [-0.05, 0) is 19.3 Å². The average Bonchev–Trinajstić information content (AvgIpc) is 2.45. The molecule has 20 heavy (non-hydrogen) atoms. The van der Waals surface area contributed by atoms with Gasteiger partial charge in [-0.2, -0.15) is 0 Å². The SMILES string of the molecule is CCC[N+](CCC)(CCC)C(CC)[Si](OC)(OC)OC. The van der Waals surface area contributed by atoms with E-state index in [1.165, 1.54) is 38.9 Å². The van der Waals surface area contributed by atoms with E-state index in [0.29, 0.717) is 5.67 Å². The topological polar surface area (TPSA) is 27.7 Å². The summed E-state index contributed by atoms with van der Waals surface area (Å²) in [6.07, 6.45) is 4.57. The summed E-state index contributed by atoms with van der Waals surface area (Å²) >= 11 is 0. The lowest BCUT2D eigenvalue weighted by Crippen LogP contribution is -2.70. The van der Waals surface area contributed by atoms with Gasteiger partial charge in [0.15, 0.2) is 5.67 Å². The van der Waals surface area contributed by atoms with Crippen LogP contribution in [0.4, 0.5) is 0 Å². The van der Waals surface area contributed by atoms with E-state index < -0.39 is 8.80 Å². The maximum Gasteiger partial charge on any atom is 0.561 e. The van der Waals surface area contributed by atoms with Gasteiger partial charge in [-0.25, -0.2) is 0 Å². The van der Waals surface area contributed by atoms with Gasteiger partial charge in [-0.15, -0.1) is 0 Å². The minimum Gasteiger partial charge on any atom is -0.373 e. The molecule has 0 aliphatic carbocycles. The van der Waals surface area contributed by atoms with Crippen molar-refractivity contribution in [2.75, 3.05) is 41.0 Å². The third kappa shape index (κ3) is 4.27. The molecule has 1 unspecified atom stereocenters. The second kappa shape index (κ2) is 9.90. The van der Waals surface area contributed by atoms with E-state index in [0.717, 1.165) is 10.9 Å². The molecule has 0 heterocycles. The Morgan fingerprint density at radius 2 is 1.10 bits per heavy atom. The number of rotatable bonds is 12. The van der Waals surface area contributed by atoms with Crippen LogP contribution in [-0.4, -0.2) is 59.9 Å². The van der Waals surface area contributed by atoms with E-state index in [1.807, 2.05) is 0 Å². The fourth-order valence-corrected chi connectivity index (χ4v) is 6.64. The van der Waals surface area contributed by atoms with Crippen molar-refractivity contribution in [1.29, 1.82) is 0 Å². The van der Waals surface area contributed by atoms with Crippen molar-refractivity contribution in [2.24, 2.45) is 0 Å². The zero-order valence-corrected chi connectivity index (χ0v) is 15.7. The molecule has 0 spiro atoms. The first-order valence-corrected chi connectivity index (χ1v) is 9.87. The van der Waals surface area contributed by atoms with E-state index in [1.54, 1.807) is 21.3 Å². The van der Waals surface area contributed by atoms with Crippen LogP contribution in [0.25, 0.3) is 0 Å². The normalized spacial score (nSPS) is 14.6. The molecule has 0 aromatic carbocycles. The van der Waals surface area contributed by atoms with Crippen molar-refractivity contribution >= 4 is 8.80 Å². The summed E-state index contributed by atoms with van der Waals surface area (Å²) in [5.74, 6) is 0. The van der Waals surface area contributed by atoms with E-state index in [2.05, 4.69) is 27.7 Å². The Kier molecular flexibility index (Phi) is 9.92. The maximum atomic E-state index is 5.81. The minimum atomic E-state index is -2.62.